The minimum Gasteiger partial charge on any atom is -0.340 e. The Bertz CT molecular complexity index is 400. The number of likely N-dealkylation sites (N-methyl/N-ethyl adjacent to an activating group) is 1. The maximum atomic E-state index is 12.2. The summed E-state index contributed by atoms with van der Waals surface area (Å²) in [5.74, 6) is 0.233. The summed E-state index contributed by atoms with van der Waals surface area (Å²) < 4.78 is 0. The Morgan fingerprint density at radius 1 is 1.25 bits per heavy atom. The topological polar surface area (TPSA) is 46.3 Å². The molecule has 3 heteroatoms. The van der Waals surface area contributed by atoms with Crippen LogP contribution in [0.3, 0.4) is 0 Å². The van der Waals surface area contributed by atoms with E-state index in [0.717, 1.165) is 25.8 Å². The van der Waals surface area contributed by atoms with Gasteiger partial charge in [-0.2, -0.15) is 0 Å². The van der Waals surface area contributed by atoms with Gasteiger partial charge in [-0.3, -0.25) is 4.79 Å². The molecule has 0 fully saturated rings. The smallest absolute Gasteiger partial charge is 0.222 e. The normalized spacial score (nSPS) is 12.2. The first kappa shape index (κ1) is 16.7. The first-order valence-electron chi connectivity index (χ1n) is 7.67. The van der Waals surface area contributed by atoms with E-state index in [2.05, 4.69) is 45.0 Å². The minimum absolute atomic E-state index is 0.233. The number of aryl methyl sites for hydroxylation is 1. The molecule has 0 saturated carbocycles. The fraction of sp³-hybridized carbons (Fsp3) is 0.588. The number of amides is 1. The van der Waals surface area contributed by atoms with Gasteiger partial charge in [-0.15, -0.1) is 0 Å². The third-order valence-electron chi connectivity index (χ3n) is 3.76. The molecule has 0 aliphatic heterocycles. The van der Waals surface area contributed by atoms with Crippen LogP contribution in [-0.4, -0.2) is 29.9 Å². The molecule has 1 rings (SSSR count). The van der Waals surface area contributed by atoms with E-state index in [1.807, 2.05) is 4.90 Å². The predicted octanol–water partition coefficient (Wildman–Crippen LogP) is 2.90. The molecule has 0 heterocycles. The summed E-state index contributed by atoms with van der Waals surface area (Å²) in [7, 11) is 0. The number of carbonyl (C=O) groups is 1. The highest BCUT2D eigenvalue weighted by Gasteiger charge is 2.20. The molecule has 0 spiro atoms. The molecule has 0 aliphatic rings. The summed E-state index contributed by atoms with van der Waals surface area (Å²) >= 11 is 0. The lowest BCUT2D eigenvalue weighted by molar-refractivity contribution is -0.133. The zero-order chi connectivity index (χ0) is 15.0. The maximum Gasteiger partial charge on any atom is 0.222 e. The van der Waals surface area contributed by atoms with E-state index >= 15 is 0 Å². The fourth-order valence-corrected chi connectivity index (χ4v) is 2.51. The molecule has 0 aliphatic carbocycles. The van der Waals surface area contributed by atoms with Crippen molar-refractivity contribution in [3.8, 4) is 0 Å². The van der Waals surface area contributed by atoms with Crippen LogP contribution < -0.4 is 5.73 Å². The number of nitrogens with zero attached hydrogens (tertiary/aromatic N) is 1. The van der Waals surface area contributed by atoms with Crippen LogP contribution in [0.4, 0.5) is 0 Å². The van der Waals surface area contributed by atoms with Gasteiger partial charge in [0.25, 0.3) is 0 Å². The van der Waals surface area contributed by atoms with E-state index in [1.165, 1.54) is 11.1 Å². The number of nitrogens with two attached hydrogens (primary N) is 1. The van der Waals surface area contributed by atoms with Crippen molar-refractivity contribution in [3.63, 3.8) is 0 Å². The Labute approximate surface area is 123 Å². The molecule has 20 heavy (non-hydrogen) atoms. The van der Waals surface area contributed by atoms with Crippen molar-refractivity contribution in [2.45, 2.75) is 52.5 Å². The average molecular weight is 276 g/mol. The number of rotatable bonds is 8. The van der Waals surface area contributed by atoms with Crippen LogP contribution in [0.1, 0.15) is 44.2 Å². The third kappa shape index (κ3) is 4.97. The van der Waals surface area contributed by atoms with Gasteiger partial charge < -0.3 is 10.6 Å². The van der Waals surface area contributed by atoms with Gasteiger partial charge >= 0.3 is 0 Å². The second kappa shape index (κ2) is 8.75. The number of carbonyl (C=O) groups excluding carboxylic acids is 1. The maximum absolute atomic E-state index is 12.2. The second-order valence-corrected chi connectivity index (χ2v) is 5.32. The zero-order valence-corrected chi connectivity index (χ0v) is 13.1. The van der Waals surface area contributed by atoms with Crippen molar-refractivity contribution in [1.82, 2.24) is 4.90 Å². The van der Waals surface area contributed by atoms with Crippen LogP contribution in [0, 0.1) is 6.92 Å². The van der Waals surface area contributed by atoms with Gasteiger partial charge in [0, 0.05) is 19.0 Å². The Morgan fingerprint density at radius 3 is 2.40 bits per heavy atom. The molecular weight excluding hydrogens is 248 g/mol. The highest BCUT2D eigenvalue weighted by atomic mass is 16.2. The van der Waals surface area contributed by atoms with Gasteiger partial charge in [0.1, 0.15) is 0 Å². The second-order valence-electron chi connectivity index (χ2n) is 5.32. The van der Waals surface area contributed by atoms with Crippen molar-refractivity contribution in [1.29, 1.82) is 0 Å². The molecule has 1 unspecified atom stereocenters. The van der Waals surface area contributed by atoms with E-state index < -0.39 is 0 Å². The van der Waals surface area contributed by atoms with Crippen LogP contribution in [0.15, 0.2) is 24.3 Å². The Kier molecular flexibility index (Phi) is 7.31. The largest absolute Gasteiger partial charge is 0.340 e. The van der Waals surface area contributed by atoms with Crippen LogP contribution in [0.5, 0.6) is 0 Å². The molecule has 1 amide bonds. The van der Waals surface area contributed by atoms with Gasteiger partial charge in [0.15, 0.2) is 0 Å². The summed E-state index contributed by atoms with van der Waals surface area (Å²) in [5, 5.41) is 0. The highest BCUT2D eigenvalue weighted by Crippen LogP contribution is 2.14. The van der Waals surface area contributed by atoms with E-state index in [-0.39, 0.29) is 11.9 Å². The number of benzene rings is 1. The lowest BCUT2D eigenvalue weighted by atomic mass is 10.0. The monoisotopic (exact) mass is 276 g/mol. The van der Waals surface area contributed by atoms with Crippen molar-refractivity contribution in [3.05, 3.63) is 35.4 Å². The van der Waals surface area contributed by atoms with Gasteiger partial charge in [0.2, 0.25) is 5.91 Å². The molecule has 2 N–H and O–H groups in total. The van der Waals surface area contributed by atoms with Crippen molar-refractivity contribution < 1.29 is 4.79 Å². The Morgan fingerprint density at radius 2 is 1.90 bits per heavy atom. The minimum atomic E-state index is 0.233. The molecular formula is C17H28N2O. The summed E-state index contributed by atoms with van der Waals surface area (Å²) in [6.07, 6.45) is 3.25. The van der Waals surface area contributed by atoms with E-state index in [9.17, 15) is 4.79 Å². The SMILES string of the molecule is CCC(Cc1ccc(C)cc1)N(CC)C(=O)CCCN. The molecule has 1 aromatic carbocycles. The highest BCUT2D eigenvalue weighted by molar-refractivity contribution is 5.76. The summed E-state index contributed by atoms with van der Waals surface area (Å²) in [6, 6.07) is 8.88. The Balaban J connectivity index is 2.71. The molecule has 1 aromatic rings. The Hall–Kier alpha value is -1.35. The standard InChI is InChI=1S/C17H28N2O/c1-4-16(13-15-10-8-14(3)9-11-15)19(5-2)17(20)7-6-12-18/h8-11,16H,4-7,12-13,18H2,1-3H3. The van der Waals surface area contributed by atoms with Crippen LogP contribution in [0.2, 0.25) is 0 Å². The summed E-state index contributed by atoms with van der Waals surface area (Å²) in [5.41, 5.74) is 8.06. The zero-order valence-electron chi connectivity index (χ0n) is 13.1. The molecule has 112 valence electrons. The summed E-state index contributed by atoms with van der Waals surface area (Å²) in [4.78, 5) is 14.3. The van der Waals surface area contributed by atoms with Gasteiger partial charge in [-0.25, -0.2) is 0 Å². The number of hydrogen-bond donors (Lipinski definition) is 1. The lowest BCUT2D eigenvalue weighted by Crippen LogP contribution is -2.41. The van der Waals surface area contributed by atoms with E-state index in [1.54, 1.807) is 0 Å². The molecule has 0 radical (unpaired) electrons. The van der Waals surface area contributed by atoms with Crippen LogP contribution >= 0.6 is 0 Å². The van der Waals surface area contributed by atoms with Gasteiger partial charge in [-0.05, 0) is 45.2 Å². The third-order valence-corrected chi connectivity index (χ3v) is 3.76. The van der Waals surface area contributed by atoms with Crippen molar-refractivity contribution in [2.24, 2.45) is 5.73 Å². The first-order valence-corrected chi connectivity index (χ1v) is 7.67. The number of hydrogen-bond acceptors (Lipinski definition) is 2. The lowest BCUT2D eigenvalue weighted by Gasteiger charge is -2.30. The molecule has 1 atom stereocenters. The van der Waals surface area contributed by atoms with Crippen molar-refractivity contribution >= 4 is 5.91 Å². The van der Waals surface area contributed by atoms with Gasteiger partial charge in [-0.1, -0.05) is 36.8 Å². The molecule has 0 saturated heterocycles. The fourth-order valence-electron chi connectivity index (χ4n) is 2.51. The van der Waals surface area contributed by atoms with Gasteiger partial charge in [0.05, 0.1) is 0 Å². The quantitative estimate of drug-likeness (QED) is 0.793. The van der Waals surface area contributed by atoms with E-state index in [4.69, 9.17) is 5.73 Å². The average Bonchev–Trinajstić information content (AvgIpc) is 2.46. The first-order chi connectivity index (χ1) is 9.62. The predicted molar refractivity (Wildman–Crippen MR) is 84.6 cm³/mol. The van der Waals surface area contributed by atoms with Crippen LogP contribution in [-0.2, 0) is 11.2 Å². The summed E-state index contributed by atoms with van der Waals surface area (Å²) in [6.45, 7) is 7.65. The van der Waals surface area contributed by atoms with Crippen LogP contribution in [0.25, 0.3) is 0 Å². The molecule has 0 bridgehead atoms. The van der Waals surface area contributed by atoms with E-state index in [0.29, 0.717) is 13.0 Å². The molecule has 0 aromatic heterocycles. The van der Waals surface area contributed by atoms with Crippen molar-refractivity contribution in [2.75, 3.05) is 13.1 Å². The molecule has 3 nitrogen and oxygen atoms in total.